The molecule has 2 nitrogen and oxygen atoms in total. The van der Waals surface area contributed by atoms with Crippen molar-refractivity contribution >= 4 is 58.8 Å². The molecule has 0 aromatic heterocycles. The Bertz CT molecular complexity index is 694. The van der Waals surface area contributed by atoms with Gasteiger partial charge >= 0.3 is 0 Å². The third-order valence-corrected chi connectivity index (χ3v) is 6.23. The minimum atomic E-state index is 0. The van der Waals surface area contributed by atoms with Gasteiger partial charge in [0.1, 0.15) is 0 Å². The van der Waals surface area contributed by atoms with E-state index in [-0.39, 0.29) is 12.4 Å². The second-order valence-electron chi connectivity index (χ2n) is 6.86. The monoisotopic (exact) mass is 466 g/mol. The summed E-state index contributed by atoms with van der Waals surface area (Å²) in [5.41, 5.74) is 2.32. The molecule has 2 aromatic rings. The molecule has 0 radical (unpaired) electrons. The van der Waals surface area contributed by atoms with Crippen LogP contribution in [-0.4, -0.2) is 24.5 Å². The lowest BCUT2D eigenvalue weighted by atomic mass is 9.97. The van der Waals surface area contributed by atoms with Crippen molar-refractivity contribution in [2.45, 2.75) is 25.9 Å². The first-order valence-electron chi connectivity index (χ1n) is 8.82. The molecule has 0 saturated carbocycles. The Balaban J connectivity index is 0.00000261. The van der Waals surface area contributed by atoms with Crippen LogP contribution in [0, 0.1) is 5.92 Å². The van der Waals surface area contributed by atoms with Gasteiger partial charge in [0.05, 0.1) is 20.1 Å². The van der Waals surface area contributed by atoms with E-state index in [2.05, 4.69) is 10.2 Å². The first-order chi connectivity index (χ1) is 12.5. The van der Waals surface area contributed by atoms with E-state index in [9.17, 15) is 0 Å². The van der Waals surface area contributed by atoms with Crippen LogP contribution in [0.25, 0.3) is 0 Å². The van der Waals surface area contributed by atoms with Crippen LogP contribution in [0.15, 0.2) is 36.4 Å². The summed E-state index contributed by atoms with van der Waals surface area (Å²) in [6.45, 7) is 4.88. The molecule has 1 N–H and O–H groups in total. The fourth-order valence-corrected chi connectivity index (χ4v) is 4.05. The maximum absolute atomic E-state index is 6.20. The number of piperidine rings is 1. The van der Waals surface area contributed by atoms with Crippen molar-refractivity contribution in [3.63, 3.8) is 0 Å². The first-order valence-corrected chi connectivity index (χ1v) is 10.3. The Morgan fingerprint density at radius 2 is 1.26 bits per heavy atom. The van der Waals surface area contributed by atoms with Gasteiger partial charge < -0.3 is 5.32 Å². The van der Waals surface area contributed by atoms with E-state index in [1.165, 1.54) is 12.8 Å². The van der Waals surface area contributed by atoms with Gasteiger partial charge in [-0.2, -0.15) is 0 Å². The third kappa shape index (κ3) is 6.97. The molecule has 3 rings (SSSR count). The highest BCUT2D eigenvalue weighted by Gasteiger charge is 2.18. The lowest BCUT2D eigenvalue weighted by Crippen LogP contribution is -2.35. The van der Waals surface area contributed by atoms with Gasteiger partial charge in [-0.25, -0.2) is 0 Å². The molecule has 0 aliphatic carbocycles. The highest BCUT2D eigenvalue weighted by Crippen LogP contribution is 2.26. The zero-order chi connectivity index (χ0) is 18.5. The van der Waals surface area contributed by atoms with Crippen LogP contribution in [0.1, 0.15) is 24.0 Å². The Hall–Kier alpha value is -0.190. The Morgan fingerprint density at radius 1 is 0.778 bits per heavy atom. The molecule has 1 heterocycles. The molecule has 7 heteroatoms. The third-order valence-electron chi connectivity index (χ3n) is 4.76. The van der Waals surface area contributed by atoms with Crippen molar-refractivity contribution in [2.24, 2.45) is 5.92 Å². The number of nitrogens with zero attached hydrogens (tertiary/aromatic N) is 1. The predicted molar refractivity (Wildman–Crippen MR) is 120 cm³/mol. The second kappa shape index (κ2) is 11.1. The summed E-state index contributed by atoms with van der Waals surface area (Å²) in [5, 5.41) is 5.80. The van der Waals surface area contributed by atoms with Gasteiger partial charge in [0.15, 0.2) is 0 Å². The van der Waals surface area contributed by atoms with Crippen molar-refractivity contribution < 1.29 is 0 Å². The van der Waals surface area contributed by atoms with Gasteiger partial charge in [0, 0.05) is 19.6 Å². The van der Waals surface area contributed by atoms with Crippen LogP contribution < -0.4 is 5.32 Å². The quantitative estimate of drug-likeness (QED) is 0.506. The fourth-order valence-electron chi connectivity index (χ4n) is 3.41. The molecule has 148 valence electrons. The molecule has 1 fully saturated rings. The lowest BCUT2D eigenvalue weighted by Gasteiger charge is -2.30. The molecule has 1 aliphatic heterocycles. The van der Waals surface area contributed by atoms with Crippen molar-refractivity contribution in [1.29, 1.82) is 0 Å². The van der Waals surface area contributed by atoms with Crippen molar-refractivity contribution in [3.05, 3.63) is 67.6 Å². The van der Waals surface area contributed by atoms with Gasteiger partial charge in [-0.3, -0.25) is 4.90 Å². The van der Waals surface area contributed by atoms with Crippen LogP contribution in [-0.2, 0) is 13.1 Å². The molecule has 27 heavy (non-hydrogen) atoms. The van der Waals surface area contributed by atoms with E-state index < -0.39 is 0 Å². The lowest BCUT2D eigenvalue weighted by molar-refractivity contribution is 0.191. The number of hydrogen-bond donors (Lipinski definition) is 1. The Morgan fingerprint density at radius 3 is 1.70 bits per heavy atom. The molecule has 0 bridgehead atoms. The topological polar surface area (TPSA) is 15.3 Å². The zero-order valence-electron chi connectivity index (χ0n) is 14.9. The number of hydrogen-bond acceptors (Lipinski definition) is 2. The van der Waals surface area contributed by atoms with E-state index in [1.54, 1.807) is 0 Å². The van der Waals surface area contributed by atoms with Crippen LogP contribution in [0.2, 0.25) is 20.1 Å². The smallest absolute Gasteiger partial charge is 0.0595 e. The molecule has 0 unspecified atom stereocenters. The van der Waals surface area contributed by atoms with Gasteiger partial charge in [0.25, 0.3) is 0 Å². The predicted octanol–water partition coefficient (Wildman–Crippen LogP) is 6.72. The molecular weight excluding hydrogens is 445 g/mol. The zero-order valence-corrected chi connectivity index (χ0v) is 18.7. The standard InChI is InChI=1S/C20H22Cl4N2.ClH/c21-17-3-1-15(9-19(17)23)12-26(11-14-5-7-25-8-6-14)13-16-2-4-18(22)20(24)10-16;/h1-4,9-10,14,25H,5-8,11-13H2;1H. The van der Waals surface area contributed by atoms with Gasteiger partial charge in [-0.05, 0) is 67.2 Å². The average Bonchev–Trinajstić information content (AvgIpc) is 2.62. The van der Waals surface area contributed by atoms with E-state index in [1.807, 2.05) is 36.4 Å². The van der Waals surface area contributed by atoms with Crippen LogP contribution in [0.4, 0.5) is 0 Å². The fraction of sp³-hybridized carbons (Fsp3) is 0.400. The van der Waals surface area contributed by atoms with Crippen molar-refractivity contribution in [2.75, 3.05) is 19.6 Å². The minimum absolute atomic E-state index is 0. The molecule has 0 spiro atoms. The summed E-state index contributed by atoms with van der Waals surface area (Å²) in [7, 11) is 0. The van der Waals surface area contributed by atoms with Crippen molar-refractivity contribution in [1.82, 2.24) is 10.2 Å². The van der Waals surface area contributed by atoms with Crippen molar-refractivity contribution in [3.8, 4) is 0 Å². The average molecular weight is 469 g/mol. The summed E-state index contributed by atoms with van der Waals surface area (Å²) < 4.78 is 0. The number of halogens is 5. The number of nitrogens with one attached hydrogen (secondary N) is 1. The van der Waals surface area contributed by atoms with Gasteiger partial charge in [-0.15, -0.1) is 12.4 Å². The van der Waals surface area contributed by atoms with E-state index in [0.29, 0.717) is 26.0 Å². The van der Waals surface area contributed by atoms with Crippen LogP contribution in [0.3, 0.4) is 0 Å². The van der Waals surface area contributed by atoms with E-state index in [0.717, 1.165) is 43.9 Å². The SMILES string of the molecule is Cl.Clc1ccc(CN(Cc2ccc(Cl)c(Cl)c2)CC2CCNCC2)cc1Cl. The largest absolute Gasteiger partial charge is 0.317 e. The minimum Gasteiger partial charge on any atom is -0.317 e. The summed E-state index contributed by atoms with van der Waals surface area (Å²) in [4.78, 5) is 2.45. The summed E-state index contributed by atoms with van der Waals surface area (Å²) >= 11 is 24.5. The summed E-state index contributed by atoms with van der Waals surface area (Å²) in [6.07, 6.45) is 2.42. The van der Waals surface area contributed by atoms with Gasteiger partial charge in [0.2, 0.25) is 0 Å². The summed E-state index contributed by atoms with van der Waals surface area (Å²) in [6, 6.07) is 11.7. The Kier molecular flexibility index (Phi) is 9.50. The molecule has 0 amide bonds. The second-order valence-corrected chi connectivity index (χ2v) is 8.49. The number of rotatable bonds is 6. The normalized spacial score (nSPS) is 15.0. The molecule has 1 aliphatic rings. The summed E-state index contributed by atoms with van der Waals surface area (Å²) in [5.74, 6) is 0.696. The van der Waals surface area contributed by atoms with Crippen LogP contribution in [0.5, 0.6) is 0 Å². The maximum Gasteiger partial charge on any atom is 0.0595 e. The molecule has 1 saturated heterocycles. The number of benzene rings is 2. The van der Waals surface area contributed by atoms with E-state index >= 15 is 0 Å². The maximum atomic E-state index is 6.20. The van der Waals surface area contributed by atoms with Crippen LogP contribution >= 0.6 is 58.8 Å². The highest BCUT2D eigenvalue weighted by molar-refractivity contribution is 6.42. The first kappa shape index (κ1) is 23.1. The van der Waals surface area contributed by atoms with E-state index in [4.69, 9.17) is 46.4 Å². The Labute approximate surface area is 187 Å². The van der Waals surface area contributed by atoms with Gasteiger partial charge in [-0.1, -0.05) is 58.5 Å². The molecular formula is C20H23Cl5N2. The molecule has 0 atom stereocenters. The molecule has 2 aromatic carbocycles. The highest BCUT2D eigenvalue weighted by atomic mass is 35.5.